The second kappa shape index (κ2) is 8.33. The van der Waals surface area contributed by atoms with E-state index in [1.165, 1.54) is 0 Å². The molecular formula is C20H24N2O3. The van der Waals surface area contributed by atoms with Crippen LogP contribution in [0.3, 0.4) is 0 Å². The highest BCUT2D eigenvalue weighted by Crippen LogP contribution is 2.17. The Kier molecular flexibility index (Phi) is 6.17. The average molecular weight is 340 g/mol. The predicted octanol–water partition coefficient (Wildman–Crippen LogP) is 4.06. The summed E-state index contributed by atoms with van der Waals surface area (Å²) >= 11 is 0. The molecule has 0 aliphatic carbocycles. The van der Waals surface area contributed by atoms with Gasteiger partial charge in [0.25, 0.3) is 0 Å². The fourth-order valence-electron chi connectivity index (χ4n) is 2.49. The highest BCUT2D eigenvalue weighted by molar-refractivity contribution is 6.08. The van der Waals surface area contributed by atoms with Gasteiger partial charge < -0.3 is 15.4 Å². The lowest BCUT2D eigenvalue weighted by Gasteiger charge is -2.11. The van der Waals surface area contributed by atoms with Gasteiger partial charge in [0.05, 0.1) is 6.10 Å². The number of ether oxygens (including phenoxy) is 1. The Morgan fingerprint density at radius 2 is 1.40 bits per heavy atom. The van der Waals surface area contributed by atoms with Crippen LogP contribution in [0.4, 0.5) is 11.4 Å². The van der Waals surface area contributed by atoms with E-state index >= 15 is 0 Å². The maximum Gasteiger partial charge on any atom is 0.233 e. The molecule has 0 aromatic heterocycles. The number of hydrogen-bond acceptors (Lipinski definition) is 3. The number of carbonyl (C=O) groups is 2. The molecule has 0 fully saturated rings. The van der Waals surface area contributed by atoms with Crippen molar-refractivity contribution in [3.63, 3.8) is 0 Å². The van der Waals surface area contributed by atoms with Crippen LogP contribution >= 0.6 is 0 Å². The number of benzene rings is 2. The van der Waals surface area contributed by atoms with Crippen molar-refractivity contribution in [2.45, 2.75) is 40.2 Å². The van der Waals surface area contributed by atoms with Crippen molar-refractivity contribution >= 4 is 23.2 Å². The fraction of sp³-hybridized carbons (Fsp3) is 0.300. The summed E-state index contributed by atoms with van der Waals surface area (Å²) in [5.74, 6) is 0.0298. The lowest BCUT2D eigenvalue weighted by molar-refractivity contribution is -0.123. The standard InChI is InChI=1S/C20H24N2O3/c1-13(2)25-18-7-5-16(6-8-18)21-19(23)12-20(24)22-17-10-14(3)9-15(4)11-17/h5-11,13H,12H2,1-4H3,(H,21,23)(H,22,24). The molecule has 0 radical (unpaired) electrons. The van der Waals surface area contributed by atoms with Crippen LogP contribution in [0.2, 0.25) is 0 Å². The highest BCUT2D eigenvalue weighted by Gasteiger charge is 2.10. The molecule has 0 saturated heterocycles. The fourth-order valence-corrected chi connectivity index (χ4v) is 2.49. The van der Waals surface area contributed by atoms with E-state index in [0.717, 1.165) is 16.9 Å². The summed E-state index contributed by atoms with van der Waals surface area (Å²) in [6.45, 7) is 7.82. The van der Waals surface area contributed by atoms with E-state index in [-0.39, 0.29) is 24.3 Å². The van der Waals surface area contributed by atoms with Crippen molar-refractivity contribution in [3.8, 4) is 5.75 Å². The summed E-state index contributed by atoms with van der Waals surface area (Å²) < 4.78 is 5.55. The monoisotopic (exact) mass is 340 g/mol. The first kappa shape index (κ1) is 18.5. The third-order valence-electron chi connectivity index (χ3n) is 3.34. The molecule has 132 valence electrons. The second-order valence-electron chi connectivity index (χ2n) is 6.34. The van der Waals surface area contributed by atoms with Crippen molar-refractivity contribution in [2.24, 2.45) is 0 Å². The predicted molar refractivity (Wildman–Crippen MR) is 100.0 cm³/mol. The second-order valence-corrected chi connectivity index (χ2v) is 6.34. The maximum atomic E-state index is 12.0. The molecule has 2 N–H and O–H groups in total. The summed E-state index contributed by atoms with van der Waals surface area (Å²) in [5, 5.41) is 5.46. The molecule has 0 atom stereocenters. The summed E-state index contributed by atoms with van der Waals surface area (Å²) in [4.78, 5) is 24.0. The molecule has 0 saturated carbocycles. The molecule has 2 amide bonds. The van der Waals surface area contributed by atoms with Gasteiger partial charge in [-0.3, -0.25) is 9.59 Å². The topological polar surface area (TPSA) is 67.4 Å². The Bertz CT molecular complexity index is 732. The zero-order valence-electron chi connectivity index (χ0n) is 15.1. The van der Waals surface area contributed by atoms with Gasteiger partial charge in [-0.1, -0.05) is 6.07 Å². The molecule has 2 aromatic carbocycles. The molecule has 0 unspecified atom stereocenters. The molecule has 5 heteroatoms. The van der Waals surface area contributed by atoms with Crippen LogP contribution in [0.5, 0.6) is 5.75 Å². The quantitative estimate of drug-likeness (QED) is 0.779. The van der Waals surface area contributed by atoms with E-state index in [2.05, 4.69) is 10.6 Å². The molecule has 0 heterocycles. The van der Waals surface area contributed by atoms with Gasteiger partial charge in [-0.15, -0.1) is 0 Å². The Morgan fingerprint density at radius 1 is 0.880 bits per heavy atom. The van der Waals surface area contributed by atoms with E-state index < -0.39 is 0 Å². The molecule has 0 spiro atoms. The molecule has 2 aromatic rings. The summed E-state index contributed by atoms with van der Waals surface area (Å²) in [6, 6.07) is 12.8. The van der Waals surface area contributed by atoms with Crippen LogP contribution in [0.25, 0.3) is 0 Å². The number of carbonyl (C=O) groups excluding carboxylic acids is 2. The first-order valence-electron chi connectivity index (χ1n) is 8.26. The summed E-state index contributed by atoms with van der Waals surface area (Å²) in [7, 11) is 0. The van der Waals surface area contributed by atoms with Crippen LogP contribution in [-0.2, 0) is 9.59 Å². The van der Waals surface area contributed by atoms with Crippen molar-refractivity contribution < 1.29 is 14.3 Å². The third-order valence-corrected chi connectivity index (χ3v) is 3.34. The van der Waals surface area contributed by atoms with Crippen LogP contribution < -0.4 is 15.4 Å². The van der Waals surface area contributed by atoms with Gasteiger partial charge in [-0.25, -0.2) is 0 Å². The SMILES string of the molecule is Cc1cc(C)cc(NC(=O)CC(=O)Nc2ccc(OC(C)C)cc2)c1. The first-order valence-corrected chi connectivity index (χ1v) is 8.26. The number of nitrogens with one attached hydrogen (secondary N) is 2. The van der Waals surface area contributed by atoms with Crippen LogP contribution in [-0.4, -0.2) is 17.9 Å². The number of anilines is 2. The summed E-state index contributed by atoms with van der Waals surface area (Å²) in [5.41, 5.74) is 3.44. The van der Waals surface area contributed by atoms with Crippen LogP contribution in [0, 0.1) is 13.8 Å². The Labute approximate surface area is 148 Å². The molecule has 0 aliphatic heterocycles. The molecular weight excluding hydrogens is 316 g/mol. The third kappa shape index (κ3) is 6.30. The van der Waals surface area contributed by atoms with Gasteiger partial charge in [0.2, 0.25) is 11.8 Å². The molecule has 0 aliphatic rings. The Hall–Kier alpha value is -2.82. The minimum absolute atomic E-state index is 0.0920. The van der Waals surface area contributed by atoms with Gasteiger partial charge in [0, 0.05) is 11.4 Å². The van der Waals surface area contributed by atoms with Crippen molar-refractivity contribution in [1.29, 1.82) is 0 Å². The molecule has 25 heavy (non-hydrogen) atoms. The highest BCUT2D eigenvalue weighted by atomic mass is 16.5. The van der Waals surface area contributed by atoms with Gasteiger partial charge >= 0.3 is 0 Å². The van der Waals surface area contributed by atoms with Crippen molar-refractivity contribution in [2.75, 3.05) is 10.6 Å². The van der Waals surface area contributed by atoms with E-state index in [9.17, 15) is 9.59 Å². The van der Waals surface area contributed by atoms with Crippen LogP contribution in [0.15, 0.2) is 42.5 Å². The van der Waals surface area contributed by atoms with E-state index in [1.807, 2.05) is 45.9 Å². The normalized spacial score (nSPS) is 10.4. The Morgan fingerprint density at radius 3 is 1.92 bits per heavy atom. The first-order chi connectivity index (χ1) is 11.8. The van der Waals surface area contributed by atoms with Gasteiger partial charge in [0.1, 0.15) is 12.2 Å². The zero-order chi connectivity index (χ0) is 18.4. The largest absolute Gasteiger partial charge is 0.491 e. The smallest absolute Gasteiger partial charge is 0.233 e. The minimum atomic E-state index is -0.362. The number of amides is 2. The van der Waals surface area contributed by atoms with E-state index in [1.54, 1.807) is 24.3 Å². The van der Waals surface area contributed by atoms with Crippen LogP contribution in [0.1, 0.15) is 31.4 Å². The number of rotatable bonds is 6. The van der Waals surface area contributed by atoms with Crippen molar-refractivity contribution in [3.05, 3.63) is 53.6 Å². The lowest BCUT2D eigenvalue weighted by Crippen LogP contribution is -2.21. The number of aryl methyl sites for hydroxylation is 2. The van der Waals surface area contributed by atoms with E-state index in [0.29, 0.717) is 11.4 Å². The van der Waals surface area contributed by atoms with E-state index in [4.69, 9.17) is 4.74 Å². The number of hydrogen-bond donors (Lipinski definition) is 2. The lowest BCUT2D eigenvalue weighted by atomic mass is 10.1. The van der Waals surface area contributed by atoms with Gasteiger partial charge in [-0.05, 0) is 75.2 Å². The maximum absolute atomic E-state index is 12.0. The molecule has 0 bridgehead atoms. The molecule has 2 rings (SSSR count). The van der Waals surface area contributed by atoms with Crippen molar-refractivity contribution in [1.82, 2.24) is 0 Å². The summed E-state index contributed by atoms with van der Waals surface area (Å²) in [6.07, 6.45) is -0.147. The zero-order valence-corrected chi connectivity index (χ0v) is 15.1. The van der Waals surface area contributed by atoms with Gasteiger partial charge in [-0.2, -0.15) is 0 Å². The Balaban J connectivity index is 1.87. The average Bonchev–Trinajstić information content (AvgIpc) is 2.47. The molecule has 5 nitrogen and oxygen atoms in total. The van der Waals surface area contributed by atoms with Gasteiger partial charge in [0.15, 0.2) is 0 Å². The minimum Gasteiger partial charge on any atom is -0.491 e.